The fourth-order valence-electron chi connectivity index (χ4n) is 2.30. The zero-order valence-corrected chi connectivity index (χ0v) is 13.3. The molecule has 2 aromatic heterocycles. The topological polar surface area (TPSA) is 102 Å². The van der Waals surface area contributed by atoms with Crippen LogP contribution in [0.3, 0.4) is 0 Å². The van der Waals surface area contributed by atoms with Crippen molar-refractivity contribution in [3.63, 3.8) is 0 Å². The lowest BCUT2D eigenvalue weighted by Crippen LogP contribution is -2.01. The lowest BCUT2D eigenvalue weighted by molar-refractivity contribution is 0.466. The number of aromatic hydroxyl groups is 1. The first-order valence-electron chi connectivity index (χ1n) is 7.06. The molecule has 1 aromatic carbocycles. The summed E-state index contributed by atoms with van der Waals surface area (Å²) < 4.78 is 5.18. The number of nitrogens with two attached hydrogens (primary N) is 1. The molecule has 0 amide bonds. The molecule has 7 heteroatoms. The summed E-state index contributed by atoms with van der Waals surface area (Å²) in [5.74, 6) is 0.988. The molecule has 3 rings (SSSR count). The van der Waals surface area contributed by atoms with Crippen molar-refractivity contribution in [1.82, 2.24) is 9.97 Å². The summed E-state index contributed by atoms with van der Waals surface area (Å²) in [7, 11) is 0. The summed E-state index contributed by atoms with van der Waals surface area (Å²) in [6.07, 6.45) is 3.79. The lowest BCUT2D eigenvalue weighted by Gasteiger charge is -2.08. The Morgan fingerprint density at radius 1 is 1.22 bits per heavy atom. The van der Waals surface area contributed by atoms with Crippen LogP contribution in [0.25, 0.3) is 11.0 Å². The van der Waals surface area contributed by atoms with E-state index in [1.807, 2.05) is 13.0 Å². The summed E-state index contributed by atoms with van der Waals surface area (Å²) in [4.78, 5) is 19.9. The van der Waals surface area contributed by atoms with Gasteiger partial charge in [0, 0.05) is 35.7 Å². The van der Waals surface area contributed by atoms with Crippen molar-refractivity contribution in [3.8, 4) is 5.75 Å². The Kier molecular flexibility index (Phi) is 4.20. The van der Waals surface area contributed by atoms with Crippen LogP contribution in [0.5, 0.6) is 5.75 Å². The van der Waals surface area contributed by atoms with Crippen LogP contribution in [-0.2, 0) is 12.2 Å². The van der Waals surface area contributed by atoms with Crippen molar-refractivity contribution in [3.05, 3.63) is 52.1 Å². The Hall–Kier alpha value is -2.54. The molecular formula is C16H15N3O3S. The Bertz CT molecular complexity index is 924. The van der Waals surface area contributed by atoms with Crippen molar-refractivity contribution in [1.29, 1.82) is 0 Å². The fourth-order valence-corrected chi connectivity index (χ4v) is 3.17. The molecule has 2 heterocycles. The Balaban J connectivity index is 2.02. The zero-order valence-electron chi connectivity index (χ0n) is 12.4. The first kappa shape index (κ1) is 15.4. The number of benzene rings is 1. The molecule has 0 saturated carbocycles. The Morgan fingerprint density at radius 2 is 2.00 bits per heavy atom. The molecule has 23 heavy (non-hydrogen) atoms. The molecule has 0 saturated heterocycles. The Labute approximate surface area is 136 Å². The number of aromatic nitrogens is 2. The number of rotatable bonds is 4. The second-order valence-electron chi connectivity index (χ2n) is 4.96. The van der Waals surface area contributed by atoms with Crippen LogP contribution in [0.15, 0.2) is 44.8 Å². The number of hydrogen-bond acceptors (Lipinski definition) is 7. The number of phenolic OH excluding ortho intramolecular Hbond substituents is 1. The number of nitrogen functional groups attached to an aromatic ring is 1. The normalized spacial score (nSPS) is 11.0. The largest absolute Gasteiger partial charge is 0.508 e. The summed E-state index contributed by atoms with van der Waals surface area (Å²) in [5.41, 5.74) is 7.31. The number of fused-ring (bicyclic) bond motifs is 1. The standard InChI is InChI=1S/C16H15N3O3S/c1-2-9-5-11-10(6-14(21)22-13(11)7-12(9)20)8-23-16-15(17)18-3-4-19-16/h3-7,20H,2,8H2,1H3,(H2,17,18). The van der Waals surface area contributed by atoms with Gasteiger partial charge in [-0.2, -0.15) is 0 Å². The number of anilines is 1. The van der Waals surface area contributed by atoms with Crippen molar-refractivity contribution < 1.29 is 9.52 Å². The molecule has 0 fully saturated rings. The highest BCUT2D eigenvalue weighted by molar-refractivity contribution is 7.98. The fraction of sp³-hybridized carbons (Fsp3) is 0.188. The molecule has 6 nitrogen and oxygen atoms in total. The van der Waals surface area contributed by atoms with Gasteiger partial charge in [-0.3, -0.25) is 0 Å². The van der Waals surface area contributed by atoms with Gasteiger partial charge < -0.3 is 15.3 Å². The van der Waals surface area contributed by atoms with Crippen molar-refractivity contribution in [2.75, 3.05) is 5.73 Å². The number of hydrogen-bond donors (Lipinski definition) is 2. The summed E-state index contributed by atoms with van der Waals surface area (Å²) in [6, 6.07) is 4.79. The number of aryl methyl sites for hydroxylation is 1. The monoisotopic (exact) mass is 329 g/mol. The molecule has 0 unspecified atom stereocenters. The maximum absolute atomic E-state index is 11.7. The van der Waals surface area contributed by atoms with E-state index in [0.29, 0.717) is 28.6 Å². The predicted octanol–water partition coefficient (Wildman–Crippen LogP) is 2.73. The van der Waals surface area contributed by atoms with E-state index in [2.05, 4.69) is 9.97 Å². The second kappa shape index (κ2) is 6.29. The molecule has 0 radical (unpaired) electrons. The third-order valence-corrected chi connectivity index (χ3v) is 4.51. The highest BCUT2D eigenvalue weighted by Crippen LogP contribution is 2.31. The summed E-state index contributed by atoms with van der Waals surface area (Å²) >= 11 is 1.40. The maximum Gasteiger partial charge on any atom is 0.336 e. The van der Waals surface area contributed by atoms with Crippen molar-refractivity contribution in [2.24, 2.45) is 0 Å². The molecule has 3 aromatic rings. The van der Waals surface area contributed by atoms with Gasteiger partial charge >= 0.3 is 5.63 Å². The molecule has 3 N–H and O–H groups in total. The van der Waals surface area contributed by atoms with Crippen LogP contribution in [0.1, 0.15) is 18.1 Å². The second-order valence-corrected chi connectivity index (χ2v) is 5.92. The molecular weight excluding hydrogens is 314 g/mol. The number of nitrogens with zero attached hydrogens (tertiary/aromatic N) is 2. The van der Waals surface area contributed by atoms with Crippen LogP contribution < -0.4 is 11.4 Å². The van der Waals surface area contributed by atoms with Gasteiger partial charge in [-0.05, 0) is 23.6 Å². The maximum atomic E-state index is 11.7. The molecule has 0 aliphatic carbocycles. The van der Waals surface area contributed by atoms with E-state index in [0.717, 1.165) is 16.5 Å². The van der Waals surface area contributed by atoms with Gasteiger partial charge in [-0.15, -0.1) is 0 Å². The van der Waals surface area contributed by atoms with Gasteiger partial charge in [0.2, 0.25) is 0 Å². The molecule has 0 bridgehead atoms. The van der Waals surface area contributed by atoms with E-state index in [1.165, 1.54) is 30.1 Å². The quantitative estimate of drug-likeness (QED) is 0.560. The van der Waals surface area contributed by atoms with Gasteiger partial charge in [-0.1, -0.05) is 18.7 Å². The zero-order chi connectivity index (χ0) is 16.4. The molecule has 118 valence electrons. The van der Waals surface area contributed by atoms with Crippen LogP contribution in [0.2, 0.25) is 0 Å². The third-order valence-electron chi connectivity index (χ3n) is 3.47. The number of phenols is 1. The third kappa shape index (κ3) is 3.14. The summed E-state index contributed by atoms with van der Waals surface area (Å²) in [5, 5.41) is 11.3. The van der Waals surface area contributed by atoms with E-state index in [1.54, 1.807) is 6.20 Å². The minimum Gasteiger partial charge on any atom is -0.508 e. The molecule has 0 spiro atoms. The Morgan fingerprint density at radius 3 is 2.74 bits per heavy atom. The lowest BCUT2D eigenvalue weighted by atomic mass is 10.1. The van der Waals surface area contributed by atoms with Gasteiger partial charge in [0.15, 0.2) is 5.82 Å². The van der Waals surface area contributed by atoms with Gasteiger partial charge in [0.05, 0.1) is 0 Å². The molecule has 0 aliphatic rings. The van der Waals surface area contributed by atoms with Gasteiger partial charge in [0.1, 0.15) is 16.4 Å². The summed E-state index contributed by atoms with van der Waals surface area (Å²) in [6.45, 7) is 1.95. The highest BCUT2D eigenvalue weighted by atomic mass is 32.2. The SMILES string of the molecule is CCc1cc2c(CSc3nccnc3N)cc(=O)oc2cc1O. The average molecular weight is 329 g/mol. The number of thioether (sulfide) groups is 1. The first-order valence-corrected chi connectivity index (χ1v) is 8.05. The predicted molar refractivity (Wildman–Crippen MR) is 89.5 cm³/mol. The van der Waals surface area contributed by atoms with Gasteiger partial charge in [-0.25, -0.2) is 14.8 Å². The van der Waals surface area contributed by atoms with E-state index >= 15 is 0 Å². The van der Waals surface area contributed by atoms with Crippen LogP contribution in [-0.4, -0.2) is 15.1 Å². The van der Waals surface area contributed by atoms with E-state index in [-0.39, 0.29) is 5.75 Å². The highest BCUT2D eigenvalue weighted by Gasteiger charge is 2.11. The van der Waals surface area contributed by atoms with Crippen LogP contribution >= 0.6 is 11.8 Å². The average Bonchev–Trinajstić information content (AvgIpc) is 2.53. The minimum atomic E-state index is -0.455. The van der Waals surface area contributed by atoms with Crippen LogP contribution in [0.4, 0.5) is 5.82 Å². The van der Waals surface area contributed by atoms with E-state index in [4.69, 9.17) is 10.2 Å². The smallest absolute Gasteiger partial charge is 0.336 e. The van der Waals surface area contributed by atoms with E-state index < -0.39 is 5.63 Å². The van der Waals surface area contributed by atoms with E-state index in [9.17, 15) is 9.90 Å². The van der Waals surface area contributed by atoms with Crippen molar-refractivity contribution >= 4 is 28.5 Å². The van der Waals surface area contributed by atoms with Crippen molar-refractivity contribution in [2.45, 2.75) is 24.1 Å². The minimum absolute atomic E-state index is 0.131. The first-order chi connectivity index (χ1) is 11.1. The van der Waals surface area contributed by atoms with Gasteiger partial charge in [0.25, 0.3) is 0 Å². The van der Waals surface area contributed by atoms with Crippen LogP contribution in [0, 0.1) is 0 Å². The molecule has 0 atom stereocenters. The molecule has 0 aliphatic heterocycles.